The fraction of sp³-hybridized carbons (Fsp3) is 0.444. The standard InChI is InChI=1S/C9H13BN2O2/c13-10(14)8-3-4-9(12-6-8)11-5-7-1-2-7/h3-4,6-7,13-14H,1-2,5H2,(H,11,12). The van der Waals surface area contributed by atoms with Crippen molar-refractivity contribution < 1.29 is 10.0 Å². The highest BCUT2D eigenvalue weighted by Crippen LogP contribution is 2.28. The van der Waals surface area contributed by atoms with Crippen molar-refractivity contribution >= 4 is 18.4 Å². The summed E-state index contributed by atoms with van der Waals surface area (Å²) in [4.78, 5) is 4.07. The molecule has 0 saturated heterocycles. The van der Waals surface area contributed by atoms with E-state index >= 15 is 0 Å². The Morgan fingerprint density at radius 2 is 2.21 bits per heavy atom. The van der Waals surface area contributed by atoms with Gasteiger partial charge in [0.1, 0.15) is 5.82 Å². The number of hydrogen-bond donors (Lipinski definition) is 3. The van der Waals surface area contributed by atoms with Crippen molar-refractivity contribution in [2.45, 2.75) is 12.8 Å². The van der Waals surface area contributed by atoms with Gasteiger partial charge in [-0.15, -0.1) is 0 Å². The van der Waals surface area contributed by atoms with Gasteiger partial charge in [0.05, 0.1) is 0 Å². The Morgan fingerprint density at radius 3 is 2.71 bits per heavy atom. The number of aromatic nitrogens is 1. The van der Waals surface area contributed by atoms with Crippen LogP contribution in [0.3, 0.4) is 0 Å². The van der Waals surface area contributed by atoms with Crippen LogP contribution in [0.1, 0.15) is 12.8 Å². The first kappa shape index (κ1) is 9.49. The predicted molar refractivity (Wildman–Crippen MR) is 55.3 cm³/mol. The second-order valence-electron chi connectivity index (χ2n) is 3.67. The second kappa shape index (κ2) is 3.98. The van der Waals surface area contributed by atoms with Gasteiger partial charge >= 0.3 is 7.12 Å². The van der Waals surface area contributed by atoms with Crippen LogP contribution in [0.4, 0.5) is 5.82 Å². The van der Waals surface area contributed by atoms with Crippen molar-refractivity contribution in [2.75, 3.05) is 11.9 Å². The summed E-state index contributed by atoms with van der Waals surface area (Å²) >= 11 is 0. The molecule has 5 heteroatoms. The third-order valence-corrected chi connectivity index (χ3v) is 2.35. The van der Waals surface area contributed by atoms with Crippen LogP contribution in [0, 0.1) is 5.92 Å². The Morgan fingerprint density at radius 1 is 1.43 bits per heavy atom. The van der Waals surface area contributed by atoms with E-state index in [-0.39, 0.29) is 0 Å². The first-order valence-corrected chi connectivity index (χ1v) is 4.81. The van der Waals surface area contributed by atoms with E-state index in [1.165, 1.54) is 19.0 Å². The molecule has 14 heavy (non-hydrogen) atoms. The highest BCUT2D eigenvalue weighted by atomic mass is 16.4. The van der Waals surface area contributed by atoms with Crippen LogP contribution in [0.2, 0.25) is 0 Å². The minimum absolute atomic E-state index is 0.418. The van der Waals surface area contributed by atoms with Gasteiger partial charge in [-0.2, -0.15) is 0 Å². The average molecular weight is 192 g/mol. The van der Waals surface area contributed by atoms with Crippen molar-refractivity contribution in [3.8, 4) is 0 Å². The average Bonchev–Trinajstić information content (AvgIpc) is 2.99. The Balaban J connectivity index is 1.91. The summed E-state index contributed by atoms with van der Waals surface area (Å²) in [6, 6.07) is 3.42. The summed E-state index contributed by atoms with van der Waals surface area (Å²) in [6.45, 7) is 0.966. The van der Waals surface area contributed by atoms with Crippen molar-refractivity contribution in [3.05, 3.63) is 18.3 Å². The van der Waals surface area contributed by atoms with Gasteiger partial charge in [-0.1, -0.05) is 6.07 Å². The zero-order valence-electron chi connectivity index (χ0n) is 7.85. The monoisotopic (exact) mass is 192 g/mol. The minimum atomic E-state index is -1.43. The summed E-state index contributed by atoms with van der Waals surface area (Å²) in [6.07, 6.45) is 4.08. The van der Waals surface area contributed by atoms with E-state index in [0.29, 0.717) is 5.46 Å². The summed E-state index contributed by atoms with van der Waals surface area (Å²) in [5, 5.41) is 20.9. The number of anilines is 1. The van der Waals surface area contributed by atoms with E-state index in [9.17, 15) is 0 Å². The molecule has 3 N–H and O–H groups in total. The zero-order chi connectivity index (χ0) is 9.97. The van der Waals surface area contributed by atoms with Gasteiger partial charge < -0.3 is 15.4 Å². The SMILES string of the molecule is OB(O)c1ccc(NCC2CC2)nc1. The molecule has 0 unspecified atom stereocenters. The third kappa shape index (κ3) is 2.46. The fourth-order valence-corrected chi connectivity index (χ4v) is 1.23. The molecule has 0 radical (unpaired) electrons. The number of rotatable bonds is 4. The summed E-state index contributed by atoms with van der Waals surface area (Å²) < 4.78 is 0. The number of pyridine rings is 1. The lowest BCUT2D eigenvalue weighted by atomic mass is 9.82. The van der Waals surface area contributed by atoms with E-state index in [0.717, 1.165) is 18.3 Å². The maximum atomic E-state index is 8.84. The molecule has 1 aliphatic rings. The molecule has 0 spiro atoms. The van der Waals surface area contributed by atoms with Crippen LogP contribution in [0.15, 0.2) is 18.3 Å². The van der Waals surface area contributed by atoms with Crippen LogP contribution < -0.4 is 10.8 Å². The molecule has 0 atom stereocenters. The lowest BCUT2D eigenvalue weighted by molar-refractivity contribution is 0.425. The smallest absolute Gasteiger partial charge is 0.423 e. The van der Waals surface area contributed by atoms with Gasteiger partial charge in [0.25, 0.3) is 0 Å². The van der Waals surface area contributed by atoms with E-state index in [2.05, 4.69) is 10.3 Å². The van der Waals surface area contributed by atoms with Crippen molar-refractivity contribution in [1.82, 2.24) is 4.98 Å². The van der Waals surface area contributed by atoms with Crippen LogP contribution in [-0.2, 0) is 0 Å². The first-order chi connectivity index (χ1) is 6.75. The van der Waals surface area contributed by atoms with Gasteiger partial charge in [0.15, 0.2) is 0 Å². The zero-order valence-corrected chi connectivity index (χ0v) is 7.85. The Bertz CT molecular complexity index is 298. The molecule has 0 bridgehead atoms. The normalized spacial score (nSPS) is 15.3. The van der Waals surface area contributed by atoms with E-state index in [4.69, 9.17) is 10.0 Å². The minimum Gasteiger partial charge on any atom is -0.423 e. The number of nitrogens with one attached hydrogen (secondary N) is 1. The van der Waals surface area contributed by atoms with Crippen LogP contribution in [0.5, 0.6) is 0 Å². The largest absolute Gasteiger partial charge is 0.490 e. The molecule has 1 saturated carbocycles. The molecule has 0 aromatic carbocycles. The van der Waals surface area contributed by atoms with E-state index in [1.54, 1.807) is 12.1 Å². The third-order valence-electron chi connectivity index (χ3n) is 2.35. The lowest BCUT2D eigenvalue weighted by Gasteiger charge is -2.04. The highest BCUT2D eigenvalue weighted by Gasteiger charge is 2.20. The van der Waals surface area contributed by atoms with Gasteiger partial charge in [0, 0.05) is 18.2 Å². The quantitative estimate of drug-likeness (QED) is 0.567. The van der Waals surface area contributed by atoms with Gasteiger partial charge in [-0.3, -0.25) is 0 Å². The molecular weight excluding hydrogens is 179 g/mol. The van der Waals surface area contributed by atoms with Crippen LogP contribution in [0.25, 0.3) is 0 Å². The molecular formula is C9H13BN2O2. The summed E-state index contributed by atoms with van der Waals surface area (Å²) in [5.74, 6) is 1.60. The maximum Gasteiger partial charge on any atom is 0.490 e. The molecule has 2 rings (SSSR count). The van der Waals surface area contributed by atoms with Crippen molar-refractivity contribution in [2.24, 2.45) is 5.92 Å². The molecule has 1 aromatic heterocycles. The predicted octanol–water partition coefficient (Wildman–Crippen LogP) is -0.417. The van der Waals surface area contributed by atoms with Gasteiger partial charge in [0.2, 0.25) is 0 Å². The molecule has 1 heterocycles. The first-order valence-electron chi connectivity index (χ1n) is 4.81. The highest BCUT2D eigenvalue weighted by molar-refractivity contribution is 6.58. The Kier molecular flexibility index (Phi) is 2.70. The second-order valence-corrected chi connectivity index (χ2v) is 3.67. The van der Waals surface area contributed by atoms with Gasteiger partial charge in [-0.05, 0) is 24.8 Å². The maximum absolute atomic E-state index is 8.84. The fourth-order valence-electron chi connectivity index (χ4n) is 1.23. The molecule has 1 aliphatic carbocycles. The molecule has 0 amide bonds. The number of nitrogens with zero attached hydrogens (tertiary/aromatic N) is 1. The Labute approximate surface area is 83.1 Å². The molecule has 1 fully saturated rings. The number of hydrogen-bond acceptors (Lipinski definition) is 4. The topological polar surface area (TPSA) is 65.4 Å². The summed E-state index contributed by atoms with van der Waals surface area (Å²) in [7, 11) is -1.43. The van der Waals surface area contributed by atoms with Crippen molar-refractivity contribution in [1.29, 1.82) is 0 Å². The van der Waals surface area contributed by atoms with E-state index in [1.807, 2.05) is 0 Å². The molecule has 0 aliphatic heterocycles. The van der Waals surface area contributed by atoms with Crippen molar-refractivity contribution in [3.63, 3.8) is 0 Å². The van der Waals surface area contributed by atoms with Gasteiger partial charge in [-0.25, -0.2) is 4.98 Å². The summed E-state index contributed by atoms with van der Waals surface area (Å²) in [5.41, 5.74) is 0.418. The molecule has 74 valence electrons. The molecule has 1 aromatic rings. The van der Waals surface area contributed by atoms with Crippen LogP contribution >= 0.6 is 0 Å². The molecule has 4 nitrogen and oxygen atoms in total. The van der Waals surface area contributed by atoms with E-state index < -0.39 is 7.12 Å². The van der Waals surface area contributed by atoms with Crippen LogP contribution in [-0.4, -0.2) is 28.7 Å². The Hall–Kier alpha value is -1.07. The lowest BCUT2D eigenvalue weighted by Crippen LogP contribution is -2.30.